The summed E-state index contributed by atoms with van der Waals surface area (Å²) in [5.41, 5.74) is 3.51. The number of hydrogen-bond donors (Lipinski definition) is 1. The molecule has 1 amide bonds. The van der Waals surface area contributed by atoms with Gasteiger partial charge in [0, 0.05) is 26.2 Å². The normalized spacial score (nSPS) is 11.5. The zero-order valence-electron chi connectivity index (χ0n) is 19.1. The van der Waals surface area contributed by atoms with E-state index in [1.807, 2.05) is 36.6 Å². The first kappa shape index (κ1) is 24.7. The highest BCUT2D eigenvalue weighted by atomic mass is 32.2. The number of nitrogens with zero attached hydrogens (tertiary/aromatic N) is 4. The first-order chi connectivity index (χ1) is 15.7. The Labute approximate surface area is 198 Å². The minimum Gasteiger partial charge on any atom is -0.352 e. The molecule has 0 spiro atoms. The third kappa shape index (κ3) is 5.35. The summed E-state index contributed by atoms with van der Waals surface area (Å²) in [7, 11) is -0.628. The molecule has 0 aliphatic heterocycles. The van der Waals surface area contributed by atoms with Crippen LogP contribution in [0.4, 0.5) is 0 Å². The smallest absolute Gasteiger partial charge is 0.242 e. The summed E-state index contributed by atoms with van der Waals surface area (Å²) in [6.07, 6.45) is 1.62. The van der Waals surface area contributed by atoms with Gasteiger partial charge in [-0.15, -0.1) is 16.8 Å². The molecular weight excluding hydrogens is 458 g/mol. The molecule has 33 heavy (non-hydrogen) atoms. The number of carbonyl (C=O) groups is 1. The average Bonchev–Trinajstić information content (AvgIpc) is 3.19. The van der Waals surface area contributed by atoms with Gasteiger partial charge in [0.2, 0.25) is 15.9 Å². The van der Waals surface area contributed by atoms with Gasteiger partial charge >= 0.3 is 0 Å². The van der Waals surface area contributed by atoms with Crippen molar-refractivity contribution in [3.63, 3.8) is 0 Å². The van der Waals surface area contributed by atoms with E-state index >= 15 is 0 Å². The summed E-state index contributed by atoms with van der Waals surface area (Å²) >= 11 is 1.26. The Kier molecular flexibility index (Phi) is 7.72. The van der Waals surface area contributed by atoms with Crippen LogP contribution in [0.1, 0.15) is 11.1 Å². The van der Waals surface area contributed by atoms with E-state index in [-0.39, 0.29) is 16.6 Å². The van der Waals surface area contributed by atoms with Gasteiger partial charge in [-0.05, 0) is 37.1 Å². The molecule has 1 N–H and O–H groups in total. The molecule has 0 bridgehead atoms. The van der Waals surface area contributed by atoms with Crippen LogP contribution in [0, 0.1) is 13.8 Å². The monoisotopic (exact) mass is 485 g/mol. The van der Waals surface area contributed by atoms with Crippen molar-refractivity contribution in [3.8, 4) is 17.1 Å². The third-order valence-corrected chi connectivity index (χ3v) is 7.68. The van der Waals surface area contributed by atoms with E-state index in [0.29, 0.717) is 23.1 Å². The summed E-state index contributed by atoms with van der Waals surface area (Å²) in [5.74, 6) is 0.514. The van der Waals surface area contributed by atoms with Crippen molar-refractivity contribution in [1.82, 2.24) is 24.4 Å². The van der Waals surface area contributed by atoms with E-state index in [4.69, 9.17) is 0 Å². The van der Waals surface area contributed by atoms with Gasteiger partial charge in [0.05, 0.1) is 16.3 Å². The Bertz CT molecular complexity index is 1260. The molecule has 3 rings (SSSR count). The maximum Gasteiger partial charge on any atom is 0.242 e. The van der Waals surface area contributed by atoms with Gasteiger partial charge in [0.25, 0.3) is 0 Å². The van der Waals surface area contributed by atoms with E-state index in [1.165, 1.54) is 30.2 Å². The predicted octanol–water partition coefficient (Wildman–Crippen LogP) is 3.20. The topological polar surface area (TPSA) is 97.2 Å². The number of carbonyl (C=O) groups excluding carboxylic acids is 1. The quantitative estimate of drug-likeness (QED) is 0.369. The number of aromatic nitrogens is 3. The summed E-state index contributed by atoms with van der Waals surface area (Å²) in [4.78, 5) is 12.3. The van der Waals surface area contributed by atoms with Crippen LogP contribution >= 0.6 is 11.8 Å². The van der Waals surface area contributed by atoms with Gasteiger partial charge < -0.3 is 5.32 Å². The van der Waals surface area contributed by atoms with Crippen molar-refractivity contribution < 1.29 is 13.2 Å². The summed E-state index contributed by atoms with van der Waals surface area (Å²) in [5, 5.41) is 12.0. The highest BCUT2D eigenvalue weighted by Gasteiger charge is 2.22. The Morgan fingerprint density at radius 3 is 2.45 bits per heavy atom. The fourth-order valence-electron chi connectivity index (χ4n) is 3.28. The number of benzene rings is 2. The Balaban J connectivity index is 2.13. The van der Waals surface area contributed by atoms with E-state index in [2.05, 4.69) is 22.1 Å². The zero-order valence-corrected chi connectivity index (χ0v) is 20.7. The molecule has 0 saturated heterocycles. The molecular formula is C23H27N5O3S2. The van der Waals surface area contributed by atoms with Gasteiger partial charge in [-0.2, -0.15) is 0 Å². The largest absolute Gasteiger partial charge is 0.352 e. The van der Waals surface area contributed by atoms with Crippen LogP contribution in [0.5, 0.6) is 0 Å². The van der Waals surface area contributed by atoms with Gasteiger partial charge in [0.15, 0.2) is 11.0 Å². The lowest BCUT2D eigenvalue weighted by Gasteiger charge is -2.16. The maximum absolute atomic E-state index is 12.7. The number of para-hydroxylation sites is 1. The average molecular weight is 486 g/mol. The molecule has 1 aromatic heterocycles. The Hall–Kier alpha value is -2.95. The summed E-state index contributed by atoms with van der Waals surface area (Å²) < 4.78 is 28.4. The molecule has 8 nitrogen and oxygen atoms in total. The zero-order chi connectivity index (χ0) is 24.2. The van der Waals surface area contributed by atoms with E-state index in [0.717, 1.165) is 16.8 Å². The number of aryl methyl sites for hydroxylation is 2. The van der Waals surface area contributed by atoms with Gasteiger partial charge in [-0.1, -0.05) is 48.2 Å². The van der Waals surface area contributed by atoms with Crippen LogP contribution in [-0.2, 0) is 14.8 Å². The Morgan fingerprint density at radius 1 is 1.15 bits per heavy atom. The number of thioether (sulfide) groups is 1. The lowest BCUT2D eigenvalue weighted by Crippen LogP contribution is -2.25. The molecule has 1 heterocycles. The fraction of sp³-hybridized carbons (Fsp3) is 0.261. The standard InChI is InChI=1S/C23H27N5O3S2/c1-6-13-24-20(29)15-32-23-26-25-22(28(23)21-16(2)9-7-10-17(21)3)18-11-8-12-19(14-18)33(30,31)27(4)5/h6-12,14H,1,13,15H2,2-5H3,(H,24,29). The van der Waals surface area contributed by atoms with Crippen molar-refractivity contribution in [2.75, 3.05) is 26.4 Å². The highest BCUT2D eigenvalue weighted by Crippen LogP contribution is 2.32. The molecule has 0 aliphatic rings. The van der Waals surface area contributed by atoms with Crippen molar-refractivity contribution in [1.29, 1.82) is 0 Å². The van der Waals surface area contributed by atoms with Crippen LogP contribution in [0.2, 0.25) is 0 Å². The summed E-state index contributed by atoms with van der Waals surface area (Å²) in [6, 6.07) is 12.6. The predicted molar refractivity (Wildman–Crippen MR) is 131 cm³/mol. The highest BCUT2D eigenvalue weighted by molar-refractivity contribution is 7.99. The van der Waals surface area contributed by atoms with Crippen LogP contribution < -0.4 is 5.32 Å². The molecule has 10 heteroatoms. The van der Waals surface area contributed by atoms with Gasteiger partial charge in [-0.25, -0.2) is 12.7 Å². The second kappa shape index (κ2) is 10.3. The lowest BCUT2D eigenvalue weighted by molar-refractivity contribution is -0.118. The van der Waals surface area contributed by atoms with Crippen molar-refractivity contribution in [2.24, 2.45) is 0 Å². The second-order valence-corrected chi connectivity index (χ2v) is 10.7. The van der Waals surface area contributed by atoms with Gasteiger partial charge in [0.1, 0.15) is 0 Å². The molecule has 0 unspecified atom stereocenters. The molecule has 0 radical (unpaired) electrons. The minimum absolute atomic E-state index is 0.142. The third-order valence-electron chi connectivity index (χ3n) is 4.94. The van der Waals surface area contributed by atoms with E-state index in [1.54, 1.807) is 30.3 Å². The van der Waals surface area contributed by atoms with E-state index < -0.39 is 10.0 Å². The number of rotatable bonds is 9. The summed E-state index contributed by atoms with van der Waals surface area (Å²) in [6.45, 7) is 7.97. The lowest BCUT2D eigenvalue weighted by atomic mass is 10.1. The first-order valence-corrected chi connectivity index (χ1v) is 12.6. The molecule has 0 atom stereocenters. The molecule has 3 aromatic rings. The number of sulfonamides is 1. The Morgan fingerprint density at radius 2 is 1.82 bits per heavy atom. The first-order valence-electron chi connectivity index (χ1n) is 10.2. The molecule has 0 fully saturated rings. The SMILES string of the molecule is C=CCNC(=O)CSc1nnc(-c2cccc(S(=O)(=O)N(C)C)c2)n1-c1c(C)cccc1C. The molecule has 174 valence electrons. The van der Waals surface area contributed by atoms with Crippen molar-refractivity contribution >= 4 is 27.7 Å². The van der Waals surface area contributed by atoms with E-state index in [9.17, 15) is 13.2 Å². The molecule has 2 aromatic carbocycles. The minimum atomic E-state index is -3.62. The van der Waals surface area contributed by atoms with Crippen LogP contribution in [0.3, 0.4) is 0 Å². The molecule has 0 aliphatic carbocycles. The fourth-order valence-corrected chi connectivity index (χ4v) is 5.00. The van der Waals surface area contributed by atoms with Gasteiger partial charge in [-0.3, -0.25) is 9.36 Å². The second-order valence-electron chi connectivity index (χ2n) is 7.58. The number of nitrogens with one attached hydrogen (secondary N) is 1. The van der Waals surface area contributed by atoms with Crippen LogP contribution in [0.25, 0.3) is 17.1 Å². The van der Waals surface area contributed by atoms with Crippen LogP contribution in [0.15, 0.2) is 65.2 Å². The van der Waals surface area contributed by atoms with Crippen molar-refractivity contribution in [3.05, 3.63) is 66.2 Å². The number of hydrogen-bond acceptors (Lipinski definition) is 6. The van der Waals surface area contributed by atoms with Crippen molar-refractivity contribution in [2.45, 2.75) is 23.9 Å². The molecule has 0 saturated carbocycles. The number of amides is 1. The maximum atomic E-state index is 12.7. The van der Waals surface area contributed by atoms with Crippen LogP contribution in [-0.4, -0.2) is 59.8 Å².